The Morgan fingerprint density at radius 1 is 1.50 bits per heavy atom. The molecule has 0 spiro atoms. The maximum atomic E-state index is 11.7. The van der Waals surface area contributed by atoms with Gasteiger partial charge in [-0.15, -0.1) is 0 Å². The monoisotopic (exact) mass is 228 g/mol. The fourth-order valence-corrected chi connectivity index (χ4v) is 1.56. The lowest BCUT2D eigenvalue weighted by Crippen LogP contribution is -2.60. The van der Waals surface area contributed by atoms with E-state index in [9.17, 15) is 14.4 Å². The number of piperazine rings is 1. The third-order valence-electron chi connectivity index (χ3n) is 2.38. The largest absolute Gasteiger partial charge is 0.368 e. The number of carbonyl (C=O) groups is 3. The van der Waals surface area contributed by atoms with E-state index in [1.165, 1.54) is 11.8 Å². The number of hydrogen-bond acceptors (Lipinski definition) is 4. The van der Waals surface area contributed by atoms with Crippen molar-refractivity contribution in [3.8, 4) is 0 Å². The fraction of sp³-hybridized carbons (Fsp3) is 0.667. The topological polar surface area (TPSA) is 105 Å². The molecule has 3 amide bonds. The molecule has 4 N–H and O–H groups in total. The van der Waals surface area contributed by atoms with Crippen molar-refractivity contribution in [1.29, 1.82) is 0 Å². The number of primary amides is 1. The molecule has 1 unspecified atom stereocenters. The summed E-state index contributed by atoms with van der Waals surface area (Å²) in [5.74, 6) is -1.11. The average molecular weight is 228 g/mol. The number of hydrogen-bond donors (Lipinski definition) is 3. The van der Waals surface area contributed by atoms with E-state index in [1.807, 2.05) is 0 Å². The van der Waals surface area contributed by atoms with Crippen molar-refractivity contribution in [3.63, 3.8) is 0 Å². The molecule has 0 radical (unpaired) electrons. The van der Waals surface area contributed by atoms with E-state index in [-0.39, 0.29) is 18.4 Å². The van der Waals surface area contributed by atoms with Crippen molar-refractivity contribution in [2.24, 2.45) is 5.73 Å². The van der Waals surface area contributed by atoms with Gasteiger partial charge in [-0.2, -0.15) is 0 Å². The molecule has 0 aromatic rings. The van der Waals surface area contributed by atoms with Crippen molar-refractivity contribution in [2.75, 3.05) is 26.2 Å². The fourth-order valence-electron chi connectivity index (χ4n) is 1.56. The zero-order valence-corrected chi connectivity index (χ0v) is 9.16. The van der Waals surface area contributed by atoms with Crippen LogP contribution >= 0.6 is 0 Å². The van der Waals surface area contributed by atoms with Crippen LogP contribution in [0, 0.1) is 0 Å². The second kappa shape index (κ2) is 5.45. The number of amides is 3. The number of nitrogens with one attached hydrogen (secondary N) is 2. The van der Waals surface area contributed by atoms with Gasteiger partial charge in [0.15, 0.2) is 0 Å². The SMILES string of the molecule is CC(=O)NCC(=O)N1CCNCC1C(N)=O. The maximum absolute atomic E-state index is 11.7. The summed E-state index contributed by atoms with van der Waals surface area (Å²) in [5.41, 5.74) is 5.19. The Balaban J connectivity index is 2.57. The third-order valence-corrected chi connectivity index (χ3v) is 2.38. The second-order valence-corrected chi connectivity index (χ2v) is 3.62. The first-order valence-corrected chi connectivity index (χ1v) is 5.06. The first kappa shape index (κ1) is 12.4. The Kier molecular flexibility index (Phi) is 4.24. The van der Waals surface area contributed by atoms with Gasteiger partial charge in [-0.05, 0) is 0 Å². The number of carbonyl (C=O) groups excluding carboxylic acids is 3. The van der Waals surface area contributed by atoms with Crippen LogP contribution in [0.5, 0.6) is 0 Å². The van der Waals surface area contributed by atoms with Crippen LogP contribution in [0.4, 0.5) is 0 Å². The summed E-state index contributed by atoms with van der Waals surface area (Å²) in [4.78, 5) is 34.9. The minimum absolute atomic E-state index is 0.0981. The molecule has 90 valence electrons. The Morgan fingerprint density at radius 3 is 2.75 bits per heavy atom. The Hall–Kier alpha value is -1.63. The van der Waals surface area contributed by atoms with Crippen LogP contribution in [0.1, 0.15) is 6.92 Å². The summed E-state index contributed by atoms with van der Waals surface area (Å²) in [6, 6.07) is -0.630. The molecule has 0 aliphatic carbocycles. The highest BCUT2D eigenvalue weighted by Crippen LogP contribution is 2.02. The summed E-state index contributed by atoms with van der Waals surface area (Å²) < 4.78 is 0. The number of rotatable bonds is 3. The van der Waals surface area contributed by atoms with Crippen LogP contribution in [0.3, 0.4) is 0 Å². The lowest BCUT2D eigenvalue weighted by molar-refractivity contribution is -0.140. The molecule has 0 bridgehead atoms. The van der Waals surface area contributed by atoms with Gasteiger partial charge in [-0.1, -0.05) is 0 Å². The number of nitrogens with two attached hydrogens (primary N) is 1. The molecule has 1 aliphatic heterocycles. The highest BCUT2D eigenvalue weighted by molar-refractivity contribution is 5.89. The summed E-state index contributed by atoms with van der Waals surface area (Å²) in [6.45, 7) is 2.64. The minimum Gasteiger partial charge on any atom is -0.368 e. The minimum atomic E-state index is -0.630. The molecular weight excluding hydrogens is 212 g/mol. The smallest absolute Gasteiger partial charge is 0.242 e. The van der Waals surface area contributed by atoms with E-state index in [0.29, 0.717) is 19.6 Å². The van der Waals surface area contributed by atoms with E-state index < -0.39 is 11.9 Å². The van der Waals surface area contributed by atoms with Crippen molar-refractivity contribution in [2.45, 2.75) is 13.0 Å². The molecule has 7 heteroatoms. The molecule has 1 aliphatic rings. The van der Waals surface area contributed by atoms with Crippen LogP contribution in [0.2, 0.25) is 0 Å². The van der Waals surface area contributed by atoms with Crippen molar-refractivity contribution >= 4 is 17.7 Å². The molecule has 16 heavy (non-hydrogen) atoms. The van der Waals surface area contributed by atoms with E-state index in [0.717, 1.165) is 0 Å². The molecule has 0 saturated carbocycles. The average Bonchev–Trinajstić information content (AvgIpc) is 2.25. The van der Waals surface area contributed by atoms with Crippen LogP contribution in [-0.2, 0) is 14.4 Å². The highest BCUT2D eigenvalue weighted by atomic mass is 16.2. The van der Waals surface area contributed by atoms with E-state index >= 15 is 0 Å². The van der Waals surface area contributed by atoms with Gasteiger partial charge in [0.25, 0.3) is 0 Å². The quantitative estimate of drug-likeness (QED) is 0.493. The molecule has 0 aromatic heterocycles. The summed E-state index contributed by atoms with van der Waals surface area (Å²) >= 11 is 0. The van der Waals surface area contributed by atoms with E-state index in [2.05, 4.69) is 10.6 Å². The second-order valence-electron chi connectivity index (χ2n) is 3.62. The van der Waals surface area contributed by atoms with Crippen molar-refractivity contribution < 1.29 is 14.4 Å². The Bertz CT molecular complexity index is 305. The van der Waals surface area contributed by atoms with Crippen LogP contribution in [0.25, 0.3) is 0 Å². The van der Waals surface area contributed by atoms with Crippen molar-refractivity contribution in [1.82, 2.24) is 15.5 Å². The van der Waals surface area contributed by atoms with Gasteiger partial charge in [0.2, 0.25) is 17.7 Å². The predicted octanol–water partition coefficient (Wildman–Crippen LogP) is -2.59. The van der Waals surface area contributed by atoms with E-state index in [1.54, 1.807) is 0 Å². The van der Waals surface area contributed by atoms with Gasteiger partial charge >= 0.3 is 0 Å². The van der Waals surface area contributed by atoms with Crippen LogP contribution in [0.15, 0.2) is 0 Å². The summed E-state index contributed by atoms with van der Waals surface area (Å²) in [5, 5.41) is 5.38. The first-order valence-electron chi connectivity index (χ1n) is 5.06. The van der Waals surface area contributed by atoms with Gasteiger partial charge < -0.3 is 21.3 Å². The van der Waals surface area contributed by atoms with Gasteiger partial charge in [0.1, 0.15) is 6.04 Å². The van der Waals surface area contributed by atoms with Gasteiger partial charge in [-0.3, -0.25) is 14.4 Å². The third kappa shape index (κ3) is 3.20. The Morgan fingerprint density at radius 2 is 2.19 bits per heavy atom. The predicted molar refractivity (Wildman–Crippen MR) is 56.2 cm³/mol. The van der Waals surface area contributed by atoms with Gasteiger partial charge in [0, 0.05) is 26.6 Å². The summed E-state index contributed by atoms with van der Waals surface area (Å²) in [7, 11) is 0. The maximum Gasteiger partial charge on any atom is 0.242 e. The molecule has 1 fully saturated rings. The zero-order chi connectivity index (χ0) is 12.1. The highest BCUT2D eigenvalue weighted by Gasteiger charge is 2.30. The van der Waals surface area contributed by atoms with Gasteiger partial charge in [-0.25, -0.2) is 0 Å². The Labute approximate surface area is 93.3 Å². The molecular formula is C9H16N4O3. The molecule has 0 aromatic carbocycles. The molecule has 1 rings (SSSR count). The number of nitrogens with zero attached hydrogens (tertiary/aromatic N) is 1. The van der Waals surface area contributed by atoms with Crippen LogP contribution < -0.4 is 16.4 Å². The van der Waals surface area contributed by atoms with Crippen molar-refractivity contribution in [3.05, 3.63) is 0 Å². The van der Waals surface area contributed by atoms with Gasteiger partial charge in [0.05, 0.1) is 6.54 Å². The summed E-state index contributed by atoms with van der Waals surface area (Å²) in [6.07, 6.45) is 0. The zero-order valence-electron chi connectivity index (χ0n) is 9.16. The molecule has 7 nitrogen and oxygen atoms in total. The molecule has 1 heterocycles. The van der Waals surface area contributed by atoms with E-state index in [4.69, 9.17) is 5.73 Å². The normalized spacial score (nSPS) is 20.3. The first-order chi connectivity index (χ1) is 7.52. The standard InChI is InChI=1S/C9H16N4O3/c1-6(14)12-5-8(15)13-3-2-11-4-7(13)9(10)16/h7,11H,2-5H2,1H3,(H2,10,16)(H,12,14). The molecule has 1 atom stereocenters. The lowest BCUT2D eigenvalue weighted by Gasteiger charge is -2.34. The lowest BCUT2D eigenvalue weighted by atomic mass is 10.2. The van der Waals surface area contributed by atoms with Crippen LogP contribution in [-0.4, -0.2) is 54.8 Å². The molecule has 1 saturated heterocycles.